The Morgan fingerprint density at radius 2 is 2.10 bits per heavy atom. The lowest BCUT2D eigenvalue weighted by atomic mass is 10.1. The fourth-order valence-electron chi connectivity index (χ4n) is 1.88. The summed E-state index contributed by atoms with van der Waals surface area (Å²) >= 11 is 7.75. The van der Waals surface area contributed by atoms with Gasteiger partial charge in [-0.25, -0.2) is 4.98 Å². The van der Waals surface area contributed by atoms with Crippen LogP contribution in [0.25, 0.3) is 0 Å². The standard InChI is InChI=1S/C16H22ClN3S/c1-16(2,3)19-10-14-9-18-15(21-14)20(4)11-12-6-5-7-13(17)8-12/h5-9,19H,10-11H2,1-4H3. The van der Waals surface area contributed by atoms with Crippen LogP contribution in [0.3, 0.4) is 0 Å². The van der Waals surface area contributed by atoms with Crippen LogP contribution in [0.2, 0.25) is 5.02 Å². The topological polar surface area (TPSA) is 28.2 Å². The van der Waals surface area contributed by atoms with Crippen LogP contribution in [0.1, 0.15) is 31.2 Å². The second-order valence-corrected chi connectivity index (χ2v) is 7.73. The molecule has 2 aromatic rings. The number of halogens is 1. The van der Waals surface area contributed by atoms with E-state index in [1.54, 1.807) is 11.3 Å². The Bertz CT molecular complexity index is 589. The molecule has 5 heteroatoms. The van der Waals surface area contributed by atoms with Gasteiger partial charge in [-0.3, -0.25) is 0 Å². The van der Waals surface area contributed by atoms with Crippen LogP contribution in [0, 0.1) is 0 Å². The molecule has 0 aliphatic rings. The molecule has 0 amide bonds. The number of hydrogen-bond donors (Lipinski definition) is 1. The highest BCUT2D eigenvalue weighted by atomic mass is 35.5. The zero-order valence-electron chi connectivity index (χ0n) is 13.0. The van der Waals surface area contributed by atoms with E-state index < -0.39 is 0 Å². The molecule has 0 unspecified atom stereocenters. The van der Waals surface area contributed by atoms with Crippen molar-refractivity contribution in [1.82, 2.24) is 10.3 Å². The number of hydrogen-bond acceptors (Lipinski definition) is 4. The summed E-state index contributed by atoms with van der Waals surface area (Å²) in [7, 11) is 2.06. The van der Waals surface area contributed by atoms with E-state index in [0.717, 1.165) is 23.2 Å². The normalized spacial score (nSPS) is 11.7. The molecule has 21 heavy (non-hydrogen) atoms. The second kappa shape index (κ2) is 6.77. The van der Waals surface area contributed by atoms with Gasteiger partial charge in [-0.2, -0.15) is 0 Å². The largest absolute Gasteiger partial charge is 0.347 e. The van der Waals surface area contributed by atoms with E-state index in [1.165, 1.54) is 10.4 Å². The van der Waals surface area contributed by atoms with Gasteiger partial charge in [0, 0.05) is 41.8 Å². The highest BCUT2D eigenvalue weighted by Crippen LogP contribution is 2.24. The monoisotopic (exact) mass is 323 g/mol. The maximum absolute atomic E-state index is 6.02. The summed E-state index contributed by atoms with van der Waals surface area (Å²) in [6.07, 6.45) is 1.95. The van der Waals surface area contributed by atoms with Crippen LogP contribution < -0.4 is 10.2 Å². The molecule has 0 spiro atoms. The van der Waals surface area contributed by atoms with Gasteiger partial charge in [0.25, 0.3) is 0 Å². The third kappa shape index (κ3) is 5.30. The Hall–Kier alpha value is -1.10. The molecule has 0 saturated carbocycles. The molecule has 0 aliphatic heterocycles. The molecule has 1 aromatic heterocycles. The van der Waals surface area contributed by atoms with Gasteiger partial charge in [-0.15, -0.1) is 11.3 Å². The van der Waals surface area contributed by atoms with Crippen molar-refractivity contribution < 1.29 is 0 Å². The minimum absolute atomic E-state index is 0.122. The molecular formula is C16H22ClN3S. The summed E-state index contributed by atoms with van der Waals surface area (Å²) < 4.78 is 0. The van der Waals surface area contributed by atoms with E-state index in [1.807, 2.05) is 24.4 Å². The zero-order valence-corrected chi connectivity index (χ0v) is 14.6. The molecule has 1 N–H and O–H groups in total. The quantitative estimate of drug-likeness (QED) is 0.888. The molecule has 0 saturated heterocycles. The first-order valence-corrected chi connectivity index (χ1v) is 8.18. The summed E-state index contributed by atoms with van der Waals surface area (Å²) in [5.74, 6) is 0. The van der Waals surface area contributed by atoms with Crippen molar-refractivity contribution in [2.75, 3.05) is 11.9 Å². The average Bonchev–Trinajstić information content (AvgIpc) is 2.84. The lowest BCUT2D eigenvalue weighted by Gasteiger charge is -2.19. The van der Waals surface area contributed by atoms with Gasteiger partial charge in [0.2, 0.25) is 0 Å². The van der Waals surface area contributed by atoms with Gasteiger partial charge in [0.1, 0.15) is 0 Å². The maximum atomic E-state index is 6.02. The first kappa shape index (κ1) is 16.3. The van der Waals surface area contributed by atoms with Crippen LogP contribution >= 0.6 is 22.9 Å². The van der Waals surface area contributed by atoms with Crippen molar-refractivity contribution in [2.24, 2.45) is 0 Å². The molecule has 0 aliphatic carbocycles. The van der Waals surface area contributed by atoms with Crippen molar-refractivity contribution in [1.29, 1.82) is 0 Å². The van der Waals surface area contributed by atoms with Crippen molar-refractivity contribution >= 4 is 28.1 Å². The number of nitrogens with zero attached hydrogens (tertiary/aromatic N) is 2. The van der Waals surface area contributed by atoms with Crippen LogP contribution in [-0.4, -0.2) is 17.6 Å². The highest BCUT2D eigenvalue weighted by molar-refractivity contribution is 7.15. The van der Waals surface area contributed by atoms with Gasteiger partial charge in [0.15, 0.2) is 5.13 Å². The number of thiazole rings is 1. The van der Waals surface area contributed by atoms with Crippen molar-refractivity contribution in [2.45, 2.75) is 39.4 Å². The summed E-state index contributed by atoms with van der Waals surface area (Å²) in [5, 5.41) is 5.28. The highest BCUT2D eigenvalue weighted by Gasteiger charge is 2.12. The van der Waals surface area contributed by atoms with Crippen molar-refractivity contribution in [3.05, 3.63) is 45.9 Å². The van der Waals surface area contributed by atoms with E-state index >= 15 is 0 Å². The van der Waals surface area contributed by atoms with Crippen LogP contribution in [0.5, 0.6) is 0 Å². The van der Waals surface area contributed by atoms with E-state index in [4.69, 9.17) is 11.6 Å². The fourth-order valence-corrected chi connectivity index (χ4v) is 2.91. The second-order valence-electron chi connectivity index (χ2n) is 6.20. The Kier molecular flexibility index (Phi) is 5.25. The molecule has 114 valence electrons. The third-order valence-corrected chi connectivity index (χ3v) is 4.32. The predicted octanol–water partition coefficient (Wildman–Crippen LogP) is 4.32. The number of nitrogens with one attached hydrogen (secondary N) is 1. The van der Waals surface area contributed by atoms with Gasteiger partial charge in [-0.1, -0.05) is 23.7 Å². The Morgan fingerprint density at radius 1 is 1.33 bits per heavy atom. The number of anilines is 1. The van der Waals surface area contributed by atoms with Gasteiger partial charge in [-0.05, 0) is 38.5 Å². The third-order valence-electron chi connectivity index (χ3n) is 2.97. The number of aromatic nitrogens is 1. The lowest BCUT2D eigenvalue weighted by Crippen LogP contribution is -2.34. The summed E-state index contributed by atoms with van der Waals surface area (Å²) in [4.78, 5) is 7.90. The molecule has 0 radical (unpaired) electrons. The van der Waals surface area contributed by atoms with Crippen LogP contribution in [0.4, 0.5) is 5.13 Å². The fraction of sp³-hybridized carbons (Fsp3) is 0.438. The van der Waals surface area contributed by atoms with E-state index in [9.17, 15) is 0 Å². The Morgan fingerprint density at radius 3 is 2.76 bits per heavy atom. The van der Waals surface area contributed by atoms with E-state index in [2.05, 4.69) is 49.1 Å². The summed E-state index contributed by atoms with van der Waals surface area (Å²) in [5.41, 5.74) is 1.31. The van der Waals surface area contributed by atoms with Crippen molar-refractivity contribution in [3.8, 4) is 0 Å². The molecule has 0 fully saturated rings. The van der Waals surface area contributed by atoms with Crippen molar-refractivity contribution in [3.63, 3.8) is 0 Å². The number of rotatable bonds is 5. The molecule has 1 aromatic carbocycles. The maximum Gasteiger partial charge on any atom is 0.185 e. The molecule has 1 heterocycles. The molecule has 3 nitrogen and oxygen atoms in total. The predicted molar refractivity (Wildman–Crippen MR) is 92.3 cm³/mol. The van der Waals surface area contributed by atoms with Gasteiger partial charge in [0.05, 0.1) is 0 Å². The SMILES string of the molecule is CN(Cc1cccc(Cl)c1)c1ncc(CNC(C)(C)C)s1. The zero-order chi connectivity index (χ0) is 15.5. The first-order chi connectivity index (χ1) is 9.83. The van der Waals surface area contributed by atoms with Crippen LogP contribution in [-0.2, 0) is 13.1 Å². The Balaban J connectivity index is 1.97. The minimum atomic E-state index is 0.122. The lowest BCUT2D eigenvalue weighted by molar-refractivity contribution is 0.426. The smallest absolute Gasteiger partial charge is 0.185 e. The molecule has 2 rings (SSSR count). The average molecular weight is 324 g/mol. The van der Waals surface area contributed by atoms with Gasteiger partial charge < -0.3 is 10.2 Å². The Labute approximate surface area is 136 Å². The summed E-state index contributed by atoms with van der Waals surface area (Å²) in [6, 6.07) is 7.95. The number of benzene rings is 1. The summed E-state index contributed by atoms with van der Waals surface area (Å²) in [6.45, 7) is 8.16. The molecular weight excluding hydrogens is 302 g/mol. The molecule has 0 atom stereocenters. The minimum Gasteiger partial charge on any atom is -0.347 e. The first-order valence-electron chi connectivity index (χ1n) is 6.99. The molecule has 0 bridgehead atoms. The van der Waals surface area contributed by atoms with Gasteiger partial charge >= 0.3 is 0 Å². The van der Waals surface area contributed by atoms with Crippen LogP contribution in [0.15, 0.2) is 30.5 Å². The van der Waals surface area contributed by atoms with E-state index in [0.29, 0.717) is 0 Å². The van der Waals surface area contributed by atoms with E-state index in [-0.39, 0.29) is 5.54 Å².